The molecule has 0 aliphatic heterocycles. The van der Waals surface area contributed by atoms with E-state index in [0.29, 0.717) is 0 Å². The number of carbonyl (C=O) groups is 1. The maximum absolute atomic E-state index is 9.60. The standard InChI is InChI=1S/C4H7Br3O3.C4H6O2/c5-3(4(6,7)9)10-2-1-8;1-3(2)4(5)6/h3,8-9H,1-2H2;1H2,2H3,(H,5,6). The van der Waals surface area contributed by atoms with Crippen LogP contribution in [0, 0.1) is 0 Å². The number of carboxylic acid groups (broad SMARTS) is 1. The zero-order valence-corrected chi connectivity index (χ0v) is 13.2. The molecule has 0 aliphatic carbocycles. The highest BCUT2D eigenvalue weighted by Crippen LogP contribution is 2.32. The number of ether oxygens (including phenoxy) is 1. The van der Waals surface area contributed by atoms with E-state index >= 15 is 0 Å². The largest absolute Gasteiger partial charge is 0.478 e. The molecular weight excluding hydrogens is 416 g/mol. The average molecular weight is 429 g/mol. The van der Waals surface area contributed by atoms with Crippen molar-refractivity contribution in [3.63, 3.8) is 0 Å². The number of alkyl halides is 3. The maximum atomic E-state index is 9.60. The van der Waals surface area contributed by atoms with E-state index < -0.39 is 14.4 Å². The van der Waals surface area contributed by atoms with Crippen LogP contribution in [-0.2, 0) is 9.53 Å². The molecule has 16 heavy (non-hydrogen) atoms. The minimum atomic E-state index is -1.28. The van der Waals surface area contributed by atoms with Crippen LogP contribution in [0.15, 0.2) is 12.2 Å². The Kier molecular flexibility index (Phi) is 11.3. The lowest BCUT2D eigenvalue weighted by Gasteiger charge is -2.19. The van der Waals surface area contributed by atoms with Crippen molar-refractivity contribution in [3.8, 4) is 0 Å². The van der Waals surface area contributed by atoms with Crippen LogP contribution in [0.4, 0.5) is 0 Å². The highest BCUT2D eigenvalue weighted by Gasteiger charge is 2.29. The predicted molar refractivity (Wildman–Crippen MR) is 71.0 cm³/mol. The highest BCUT2D eigenvalue weighted by atomic mass is 79.9. The van der Waals surface area contributed by atoms with Crippen LogP contribution in [0.5, 0.6) is 0 Å². The summed E-state index contributed by atoms with van der Waals surface area (Å²) < 4.78 is 3.60. The Hall–Kier alpha value is 0.530. The average Bonchev–Trinajstić information content (AvgIpc) is 2.13. The van der Waals surface area contributed by atoms with Crippen LogP contribution in [0.1, 0.15) is 6.92 Å². The van der Waals surface area contributed by atoms with Crippen molar-refractivity contribution in [2.45, 2.75) is 15.4 Å². The van der Waals surface area contributed by atoms with Crippen LogP contribution in [0.3, 0.4) is 0 Å². The molecule has 0 aromatic rings. The first-order valence-electron chi connectivity index (χ1n) is 3.98. The summed E-state index contributed by atoms with van der Waals surface area (Å²) >= 11 is 8.81. The molecule has 0 amide bonds. The number of aliphatic hydroxyl groups excluding tert-OH is 1. The summed E-state index contributed by atoms with van der Waals surface area (Å²) in [4.78, 5) is 9.60. The van der Waals surface area contributed by atoms with Gasteiger partial charge in [-0.1, -0.05) is 22.5 Å². The SMILES string of the molecule is C=C(C)C(=O)O.OCCOC(Br)C(O)(Br)Br. The fourth-order valence-electron chi connectivity index (χ4n) is 0.256. The third-order valence-electron chi connectivity index (χ3n) is 0.994. The molecule has 0 aromatic heterocycles. The molecule has 0 heterocycles. The lowest BCUT2D eigenvalue weighted by molar-refractivity contribution is -0.132. The first kappa shape index (κ1) is 18.9. The zero-order valence-electron chi connectivity index (χ0n) is 8.49. The minimum Gasteiger partial charge on any atom is -0.478 e. The quantitative estimate of drug-likeness (QED) is 0.459. The fourth-order valence-corrected chi connectivity index (χ4v) is 0.708. The summed E-state index contributed by atoms with van der Waals surface area (Å²) in [7, 11) is 0. The molecule has 8 heteroatoms. The molecule has 96 valence electrons. The molecule has 1 unspecified atom stereocenters. The Labute approximate surface area is 119 Å². The van der Waals surface area contributed by atoms with Crippen LogP contribution >= 0.6 is 47.8 Å². The van der Waals surface area contributed by atoms with Gasteiger partial charge in [0.15, 0.2) is 5.01 Å². The summed E-state index contributed by atoms with van der Waals surface area (Å²) in [5.74, 6) is -0.935. The van der Waals surface area contributed by atoms with Gasteiger partial charge in [0.25, 0.3) is 0 Å². The molecule has 5 nitrogen and oxygen atoms in total. The second-order valence-corrected chi connectivity index (χ2v) is 6.90. The van der Waals surface area contributed by atoms with Crippen molar-refractivity contribution >= 4 is 53.8 Å². The third-order valence-corrected chi connectivity index (χ3v) is 3.98. The van der Waals surface area contributed by atoms with Crippen molar-refractivity contribution in [2.24, 2.45) is 0 Å². The Morgan fingerprint density at radius 1 is 1.56 bits per heavy atom. The second kappa shape index (κ2) is 9.55. The number of hydrogen-bond donors (Lipinski definition) is 3. The monoisotopic (exact) mass is 426 g/mol. The van der Waals surface area contributed by atoms with Gasteiger partial charge in [-0.15, -0.1) is 0 Å². The molecule has 0 fully saturated rings. The van der Waals surface area contributed by atoms with Gasteiger partial charge in [-0.25, -0.2) is 4.79 Å². The predicted octanol–water partition coefficient (Wildman–Crippen LogP) is 1.80. The van der Waals surface area contributed by atoms with Crippen molar-refractivity contribution < 1.29 is 24.9 Å². The van der Waals surface area contributed by atoms with Crippen molar-refractivity contribution in [1.29, 1.82) is 0 Å². The summed E-state index contributed by atoms with van der Waals surface area (Å²) in [6, 6.07) is 0. The zero-order chi connectivity index (χ0) is 13.4. The molecule has 0 aliphatic rings. The first-order chi connectivity index (χ1) is 7.12. The molecule has 0 saturated heterocycles. The molecular formula is C8H13Br3O5. The number of carboxylic acids is 1. The van der Waals surface area contributed by atoms with Crippen molar-refractivity contribution in [3.05, 3.63) is 12.2 Å². The maximum Gasteiger partial charge on any atom is 0.330 e. The van der Waals surface area contributed by atoms with Crippen molar-refractivity contribution in [1.82, 2.24) is 0 Å². The smallest absolute Gasteiger partial charge is 0.330 e. The molecule has 0 radical (unpaired) electrons. The lowest BCUT2D eigenvalue weighted by atomic mass is 10.4. The number of aliphatic hydroxyl groups is 2. The van der Waals surface area contributed by atoms with Crippen LogP contribution in [-0.4, -0.2) is 42.9 Å². The summed E-state index contributed by atoms with van der Waals surface area (Å²) in [5, 5.41) is 24.7. The number of rotatable bonds is 5. The third kappa shape index (κ3) is 12.6. The Morgan fingerprint density at radius 3 is 2.12 bits per heavy atom. The molecule has 0 saturated carbocycles. The summed E-state index contributed by atoms with van der Waals surface area (Å²) in [6.45, 7) is 4.71. The van der Waals surface area contributed by atoms with Crippen LogP contribution in [0.25, 0.3) is 0 Å². The topological polar surface area (TPSA) is 87.0 Å². The number of halogens is 3. The van der Waals surface area contributed by atoms with Gasteiger partial charge in [0, 0.05) is 5.57 Å². The minimum absolute atomic E-state index is 0.0713. The first-order valence-corrected chi connectivity index (χ1v) is 6.48. The Bertz CT molecular complexity index is 214. The van der Waals surface area contributed by atoms with E-state index in [9.17, 15) is 4.79 Å². The van der Waals surface area contributed by atoms with E-state index in [4.69, 9.17) is 20.1 Å². The van der Waals surface area contributed by atoms with E-state index in [2.05, 4.69) is 54.4 Å². The normalized spacial score (nSPS) is 12.4. The van der Waals surface area contributed by atoms with Crippen LogP contribution < -0.4 is 0 Å². The second-order valence-electron chi connectivity index (χ2n) is 2.58. The van der Waals surface area contributed by atoms with Gasteiger partial charge in [0.05, 0.1) is 13.2 Å². The summed E-state index contributed by atoms with van der Waals surface area (Å²) in [6.07, 6.45) is 0. The highest BCUT2D eigenvalue weighted by molar-refractivity contribution is 9.26. The molecule has 1 atom stereocenters. The number of aliphatic carboxylic acids is 1. The fraction of sp³-hybridized carbons (Fsp3) is 0.625. The Morgan fingerprint density at radius 2 is 1.94 bits per heavy atom. The van der Waals surface area contributed by atoms with Gasteiger partial charge in [0.2, 0.25) is 3.42 Å². The summed E-state index contributed by atoms with van der Waals surface area (Å²) in [5.41, 5.74) is 0.176. The van der Waals surface area contributed by atoms with E-state index in [1.54, 1.807) is 0 Å². The van der Waals surface area contributed by atoms with Gasteiger partial charge in [0.1, 0.15) is 0 Å². The van der Waals surface area contributed by atoms with E-state index in [1.807, 2.05) is 0 Å². The van der Waals surface area contributed by atoms with E-state index in [1.165, 1.54) is 6.92 Å². The molecule has 0 rings (SSSR count). The van der Waals surface area contributed by atoms with E-state index in [0.717, 1.165) is 0 Å². The van der Waals surface area contributed by atoms with Gasteiger partial charge in [-0.3, -0.25) is 0 Å². The van der Waals surface area contributed by atoms with E-state index in [-0.39, 0.29) is 18.8 Å². The molecule has 3 N–H and O–H groups in total. The molecule has 0 aromatic carbocycles. The molecule has 0 spiro atoms. The van der Waals surface area contributed by atoms with Gasteiger partial charge in [-0.05, 0) is 38.8 Å². The van der Waals surface area contributed by atoms with Gasteiger partial charge < -0.3 is 20.1 Å². The van der Waals surface area contributed by atoms with Crippen LogP contribution in [0.2, 0.25) is 0 Å². The number of hydrogen-bond acceptors (Lipinski definition) is 4. The van der Waals surface area contributed by atoms with Gasteiger partial charge >= 0.3 is 5.97 Å². The van der Waals surface area contributed by atoms with Gasteiger partial charge in [-0.2, -0.15) is 0 Å². The van der Waals surface area contributed by atoms with Crippen molar-refractivity contribution in [2.75, 3.05) is 13.2 Å². The molecule has 0 bridgehead atoms. The lowest BCUT2D eigenvalue weighted by Crippen LogP contribution is -2.27. The Balaban J connectivity index is 0.